The van der Waals surface area contributed by atoms with Crippen LogP contribution in [0.25, 0.3) is 0 Å². The zero-order valence-corrected chi connectivity index (χ0v) is 10.0. The van der Waals surface area contributed by atoms with Crippen molar-refractivity contribution in [3.63, 3.8) is 0 Å². The van der Waals surface area contributed by atoms with E-state index in [4.69, 9.17) is 8.85 Å². The molecule has 4 heteroatoms. The third-order valence-electron chi connectivity index (χ3n) is 2.51. The lowest BCUT2D eigenvalue weighted by Crippen LogP contribution is -2.45. The first kappa shape index (κ1) is 12.8. The fourth-order valence-corrected chi connectivity index (χ4v) is 4.45. The molecule has 3 nitrogen and oxygen atoms in total. The normalized spacial score (nSPS) is 14.2. The van der Waals surface area contributed by atoms with Crippen molar-refractivity contribution in [1.29, 1.82) is 0 Å². The first-order chi connectivity index (χ1) is 6.20. The van der Waals surface area contributed by atoms with Gasteiger partial charge in [-0.15, -0.1) is 0 Å². The second-order valence-corrected chi connectivity index (χ2v) is 6.99. The molecule has 0 saturated heterocycles. The summed E-state index contributed by atoms with van der Waals surface area (Å²) in [5, 5.41) is 0. The number of hydrogen-bond donors (Lipinski definition) is 0. The molecule has 0 aromatic rings. The molecule has 0 aliphatic carbocycles. The van der Waals surface area contributed by atoms with Gasteiger partial charge in [0.25, 0.3) is 0 Å². The lowest BCUT2D eigenvalue weighted by molar-refractivity contribution is -0.108. The topological polar surface area (TPSA) is 35.5 Å². The van der Waals surface area contributed by atoms with E-state index in [9.17, 15) is 4.79 Å². The minimum absolute atomic E-state index is 0.0301. The Kier molecular flexibility index (Phi) is 6.20. The van der Waals surface area contributed by atoms with Crippen LogP contribution in [-0.4, -0.2) is 29.1 Å². The summed E-state index contributed by atoms with van der Waals surface area (Å²) in [4.78, 5) is 10.9. The molecule has 0 bridgehead atoms. The van der Waals surface area contributed by atoms with E-state index in [0.29, 0.717) is 0 Å². The van der Waals surface area contributed by atoms with Crippen LogP contribution in [0.1, 0.15) is 26.7 Å². The molecule has 0 radical (unpaired) electrons. The summed E-state index contributed by atoms with van der Waals surface area (Å²) < 4.78 is 10.9. The van der Waals surface area contributed by atoms with E-state index >= 15 is 0 Å². The van der Waals surface area contributed by atoms with Gasteiger partial charge in [-0.2, -0.15) is 0 Å². The minimum atomic E-state index is -2.24. The average molecular weight is 204 g/mol. The molecule has 0 saturated carbocycles. The fourth-order valence-electron chi connectivity index (χ4n) is 1.64. The Balaban J connectivity index is 4.54. The van der Waals surface area contributed by atoms with E-state index in [1.54, 1.807) is 14.2 Å². The number of hydrogen-bond acceptors (Lipinski definition) is 3. The highest BCUT2D eigenvalue weighted by Gasteiger charge is 2.42. The molecule has 0 aromatic heterocycles. The highest BCUT2D eigenvalue weighted by molar-refractivity contribution is 6.71. The Morgan fingerprint density at radius 2 is 1.85 bits per heavy atom. The molecule has 0 fully saturated rings. The van der Waals surface area contributed by atoms with Crippen molar-refractivity contribution in [2.75, 3.05) is 14.2 Å². The van der Waals surface area contributed by atoms with E-state index < -0.39 is 8.56 Å². The molecule has 0 spiro atoms. The molecule has 1 unspecified atom stereocenters. The minimum Gasteiger partial charge on any atom is -0.397 e. The highest BCUT2D eigenvalue weighted by Crippen LogP contribution is 2.29. The molecule has 0 aliphatic heterocycles. The van der Waals surface area contributed by atoms with Crippen LogP contribution in [-0.2, 0) is 13.6 Å². The zero-order chi connectivity index (χ0) is 10.3. The third-order valence-corrected chi connectivity index (χ3v) is 6.44. The monoisotopic (exact) mass is 204 g/mol. The van der Waals surface area contributed by atoms with Gasteiger partial charge in [-0.05, 0) is 12.5 Å². The van der Waals surface area contributed by atoms with Crippen LogP contribution >= 0.6 is 0 Å². The number of carbonyl (C=O) groups is 1. The molecule has 0 amide bonds. The van der Waals surface area contributed by atoms with E-state index in [-0.39, 0.29) is 5.54 Å². The third kappa shape index (κ3) is 2.89. The molecule has 78 valence electrons. The largest absolute Gasteiger partial charge is 0.397 e. The van der Waals surface area contributed by atoms with Crippen molar-refractivity contribution in [1.82, 2.24) is 0 Å². The van der Waals surface area contributed by atoms with Crippen molar-refractivity contribution in [3.8, 4) is 0 Å². The lowest BCUT2D eigenvalue weighted by Gasteiger charge is -2.30. The first-order valence-corrected chi connectivity index (χ1v) is 6.86. The number of carbonyl (C=O) groups excluding carboxylic acids is 1. The Morgan fingerprint density at radius 1 is 1.31 bits per heavy atom. The summed E-state index contributed by atoms with van der Waals surface area (Å²) in [5.41, 5.74) is -0.0301. The van der Waals surface area contributed by atoms with Gasteiger partial charge in [-0.3, -0.25) is 0 Å². The van der Waals surface area contributed by atoms with Crippen LogP contribution in [0.15, 0.2) is 0 Å². The number of aldehydes is 1. The van der Waals surface area contributed by atoms with E-state index in [1.165, 1.54) is 0 Å². The van der Waals surface area contributed by atoms with Crippen LogP contribution in [0.5, 0.6) is 0 Å². The molecule has 0 N–H and O–H groups in total. The summed E-state index contributed by atoms with van der Waals surface area (Å²) in [7, 11) is 1.05. The van der Waals surface area contributed by atoms with Crippen molar-refractivity contribution < 1.29 is 13.6 Å². The van der Waals surface area contributed by atoms with Crippen LogP contribution in [0.2, 0.25) is 11.6 Å². The molecule has 0 rings (SSSR count). The van der Waals surface area contributed by atoms with Gasteiger partial charge in [0.1, 0.15) is 6.29 Å². The van der Waals surface area contributed by atoms with Crippen molar-refractivity contribution in [2.45, 2.75) is 38.3 Å². The summed E-state index contributed by atoms with van der Waals surface area (Å²) in [6, 6.07) is 0.823. The standard InChI is InChI=1S/C9H20O3Si/c1-5-7-9(8-10)13(6-2,11-3)12-4/h8-9H,5-7H2,1-4H3. The Morgan fingerprint density at radius 3 is 2.08 bits per heavy atom. The first-order valence-electron chi connectivity index (χ1n) is 4.76. The fraction of sp³-hybridized carbons (Fsp3) is 0.889. The van der Waals surface area contributed by atoms with E-state index in [2.05, 4.69) is 6.92 Å². The molecule has 1 atom stereocenters. The quantitative estimate of drug-likeness (QED) is 0.470. The van der Waals surface area contributed by atoms with Crippen molar-refractivity contribution >= 4 is 14.8 Å². The van der Waals surface area contributed by atoms with E-state index in [0.717, 1.165) is 25.2 Å². The predicted molar refractivity (Wildman–Crippen MR) is 55.0 cm³/mol. The maximum Gasteiger partial charge on any atom is 0.347 e. The Labute approximate surface area is 81.7 Å². The van der Waals surface area contributed by atoms with Gasteiger partial charge >= 0.3 is 8.56 Å². The molecule has 0 aromatic carbocycles. The molecular weight excluding hydrogens is 184 g/mol. The summed E-state index contributed by atoms with van der Waals surface area (Å²) in [6.07, 6.45) is 2.85. The van der Waals surface area contributed by atoms with Crippen LogP contribution < -0.4 is 0 Å². The van der Waals surface area contributed by atoms with Gasteiger partial charge in [0.2, 0.25) is 0 Å². The zero-order valence-electron chi connectivity index (χ0n) is 9.00. The molecule has 13 heavy (non-hydrogen) atoms. The highest BCUT2D eigenvalue weighted by atomic mass is 28.4. The van der Waals surface area contributed by atoms with Gasteiger partial charge in [0.05, 0.1) is 5.54 Å². The van der Waals surface area contributed by atoms with Crippen LogP contribution in [0.4, 0.5) is 0 Å². The van der Waals surface area contributed by atoms with Crippen LogP contribution in [0.3, 0.4) is 0 Å². The Bertz CT molecular complexity index is 138. The lowest BCUT2D eigenvalue weighted by atomic mass is 10.3. The summed E-state index contributed by atoms with van der Waals surface area (Å²) in [6.45, 7) is 4.09. The maximum atomic E-state index is 10.9. The maximum absolute atomic E-state index is 10.9. The predicted octanol–water partition coefficient (Wildman–Crippen LogP) is 2.11. The summed E-state index contributed by atoms with van der Waals surface area (Å²) >= 11 is 0. The van der Waals surface area contributed by atoms with Gasteiger partial charge in [-0.1, -0.05) is 20.3 Å². The van der Waals surface area contributed by atoms with Crippen molar-refractivity contribution in [2.24, 2.45) is 0 Å². The molecular formula is C9H20O3Si. The molecule has 0 aliphatic rings. The average Bonchev–Trinajstić information content (AvgIpc) is 2.19. The van der Waals surface area contributed by atoms with Gasteiger partial charge in [0, 0.05) is 14.2 Å². The number of rotatable bonds is 7. The SMILES string of the molecule is CCCC(C=O)[Si](CC)(OC)OC. The second kappa shape index (κ2) is 6.29. The van der Waals surface area contributed by atoms with Gasteiger partial charge in [-0.25, -0.2) is 0 Å². The second-order valence-electron chi connectivity index (χ2n) is 3.10. The molecule has 0 heterocycles. The Hall–Kier alpha value is -0.193. The van der Waals surface area contributed by atoms with Crippen molar-refractivity contribution in [3.05, 3.63) is 0 Å². The van der Waals surface area contributed by atoms with E-state index in [1.807, 2.05) is 6.92 Å². The summed E-state index contributed by atoms with van der Waals surface area (Å²) in [5.74, 6) is 0. The van der Waals surface area contributed by atoms with Crippen LogP contribution in [0, 0.1) is 0 Å². The van der Waals surface area contributed by atoms with Gasteiger partial charge in [0.15, 0.2) is 0 Å². The smallest absolute Gasteiger partial charge is 0.347 e. The van der Waals surface area contributed by atoms with Gasteiger partial charge < -0.3 is 13.6 Å².